The average molecular weight is 266 g/mol. The summed E-state index contributed by atoms with van der Waals surface area (Å²) in [5, 5.41) is 5.29. The Morgan fingerprint density at radius 1 is 1.61 bits per heavy atom. The predicted molar refractivity (Wildman–Crippen MR) is 78.1 cm³/mol. The Kier molecular flexibility index (Phi) is 4.60. The van der Waals surface area contributed by atoms with Gasteiger partial charge in [0.25, 0.3) is 0 Å². The number of guanidine groups is 1. The van der Waals surface area contributed by atoms with Gasteiger partial charge in [0.1, 0.15) is 0 Å². The smallest absolute Gasteiger partial charge is 0.188 e. The van der Waals surface area contributed by atoms with E-state index in [1.807, 2.05) is 11.3 Å². The topological polar surface area (TPSA) is 53.6 Å². The second kappa shape index (κ2) is 6.20. The molecule has 0 radical (unpaired) electrons. The van der Waals surface area contributed by atoms with Crippen LogP contribution >= 0.6 is 11.3 Å². The highest BCUT2D eigenvalue weighted by Crippen LogP contribution is 2.23. The van der Waals surface area contributed by atoms with Gasteiger partial charge >= 0.3 is 0 Å². The van der Waals surface area contributed by atoms with Crippen LogP contribution in [0.4, 0.5) is 0 Å². The molecule has 0 bridgehead atoms. The minimum Gasteiger partial charge on any atom is -0.370 e. The van der Waals surface area contributed by atoms with Gasteiger partial charge in [-0.3, -0.25) is 9.89 Å². The minimum absolute atomic E-state index is 0.345. The highest BCUT2D eigenvalue weighted by atomic mass is 32.1. The number of nitrogens with one attached hydrogen (secondary N) is 1. The molecule has 1 aliphatic rings. The van der Waals surface area contributed by atoms with Crippen molar-refractivity contribution >= 4 is 17.3 Å². The van der Waals surface area contributed by atoms with E-state index in [2.05, 4.69) is 40.5 Å². The lowest BCUT2D eigenvalue weighted by Crippen LogP contribution is -2.38. The van der Waals surface area contributed by atoms with Crippen molar-refractivity contribution in [2.45, 2.75) is 32.9 Å². The third-order valence-electron chi connectivity index (χ3n) is 3.02. The number of nitrogens with zero attached hydrogens (tertiary/aromatic N) is 2. The van der Waals surface area contributed by atoms with Crippen molar-refractivity contribution in [2.75, 3.05) is 19.6 Å². The van der Waals surface area contributed by atoms with Gasteiger partial charge in [0.15, 0.2) is 5.96 Å². The first-order chi connectivity index (χ1) is 8.65. The number of thiophene rings is 1. The molecule has 1 aliphatic heterocycles. The van der Waals surface area contributed by atoms with Crippen LogP contribution in [0, 0.1) is 0 Å². The Labute approximate surface area is 113 Å². The number of aliphatic imine (C=N–C) groups is 1. The molecule has 2 rings (SSSR count). The van der Waals surface area contributed by atoms with E-state index < -0.39 is 0 Å². The first-order valence-corrected chi connectivity index (χ1v) is 7.37. The summed E-state index contributed by atoms with van der Waals surface area (Å²) in [6.07, 6.45) is 1.18. The Morgan fingerprint density at radius 3 is 3.22 bits per heavy atom. The fraction of sp³-hybridized carbons (Fsp3) is 0.615. The SMILES string of the molecule is CC(C)NC(N)=NCCN1CCc2sccc2C1. The van der Waals surface area contributed by atoms with Crippen LogP contribution in [0.3, 0.4) is 0 Å². The first-order valence-electron chi connectivity index (χ1n) is 6.49. The molecule has 0 fully saturated rings. The van der Waals surface area contributed by atoms with Crippen molar-refractivity contribution in [3.63, 3.8) is 0 Å². The number of rotatable bonds is 4. The molecule has 18 heavy (non-hydrogen) atoms. The van der Waals surface area contributed by atoms with E-state index in [1.165, 1.54) is 12.0 Å². The van der Waals surface area contributed by atoms with Crippen LogP contribution in [-0.4, -0.2) is 36.5 Å². The zero-order valence-corrected chi connectivity index (χ0v) is 12.0. The molecule has 1 aromatic heterocycles. The summed E-state index contributed by atoms with van der Waals surface area (Å²) in [5.74, 6) is 0.554. The Hall–Kier alpha value is -1.07. The van der Waals surface area contributed by atoms with Crippen LogP contribution in [0.2, 0.25) is 0 Å². The molecule has 4 nitrogen and oxygen atoms in total. The van der Waals surface area contributed by atoms with Crippen LogP contribution in [0.5, 0.6) is 0 Å². The van der Waals surface area contributed by atoms with E-state index in [0.29, 0.717) is 12.0 Å². The molecule has 0 saturated heterocycles. The molecular weight excluding hydrogens is 244 g/mol. The molecule has 0 aromatic carbocycles. The average Bonchev–Trinajstić information content (AvgIpc) is 2.75. The molecule has 100 valence electrons. The molecule has 0 atom stereocenters. The van der Waals surface area contributed by atoms with Crippen molar-refractivity contribution in [3.05, 3.63) is 21.9 Å². The summed E-state index contributed by atoms with van der Waals surface area (Å²) in [6, 6.07) is 2.58. The highest BCUT2D eigenvalue weighted by molar-refractivity contribution is 7.10. The number of hydrogen-bond acceptors (Lipinski definition) is 3. The number of hydrogen-bond donors (Lipinski definition) is 2. The third kappa shape index (κ3) is 3.71. The monoisotopic (exact) mass is 266 g/mol. The van der Waals surface area contributed by atoms with E-state index in [0.717, 1.165) is 26.2 Å². The Balaban J connectivity index is 1.75. The van der Waals surface area contributed by atoms with E-state index in [4.69, 9.17) is 5.73 Å². The molecule has 3 N–H and O–H groups in total. The largest absolute Gasteiger partial charge is 0.370 e. The van der Waals surface area contributed by atoms with Gasteiger partial charge in [0, 0.05) is 30.6 Å². The molecule has 0 amide bonds. The third-order valence-corrected chi connectivity index (χ3v) is 4.04. The molecule has 0 aliphatic carbocycles. The molecular formula is C13H22N4S. The maximum absolute atomic E-state index is 5.77. The van der Waals surface area contributed by atoms with Gasteiger partial charge < -0.3 is 11.1 Å². The fourth-order valence-electron chi connectivity index (χ4n) is 2.15. The predicted octanol–water partition coefficient (Wildman–Crippen LogP) is 1.42. The standard InChI is InChI=1S/C13H22N4S/c1-10(2)16-13(14)15-5-7-17-6-3-12-11(9-17)4-8-18-12/h4,8,10H,3,5-7,9H2,1-2H3,(H3,14,15,16). The fourth-order valence-corrected chi connectivity index (χ4v) is 3.04. The molecule has 0 spiro atoms. The van der Waals surface area contributed by atoms with E-state index >= 15 is 0 Å². The summed E-state index contributed by atoms with van der Waals surface area (Å²) in [6.45, 7) is 8.07. The lowest BCUT2D eigenvalue weighted by Gasteiger charge is -2.26. The van der Waals surface area contributed by atoms with E-state index in [9.17, 15) is 0 Å². The van der Waals surface area contributed by atoms with Crippen LogP contribution in [-0.2, 0) is 13.0 Å². The first kappa shape index (κ1) is 13.4. The van der Waals surface area contributed by atoms with Crippen LogP contribution in [0.25, 0.3) is 0 Å². The van der Waals surface area contributed by atoms with Gasteiger partial charge in [-0.1, -0.05) is 0 Å². The zero-order chi connectivity index (χ0) is 13.0. The summed E-state index contributed by atoms with van der Waals surface area (Å²) in [7, 11) is 0. The van der Waals surface area contributed by atoms with Crippen molar-refractivity contribution in [2.24, 2.45) is 10.7 Å². The van der Waals surface area contributed by atoms with Gasteiger partial charge in [-0.05, 0) is 37.3 Å². The van der Waals surface area contributed by atoms with Crippen molar-refractivity contribution < 1.29 is 0 Å². The van der Waals surface area contributed by atoms with Crippen molar-refractivity contribution in [1.29, 1.82) is 0 Å². The van der Waals surface area contributed by atoms with E-state index in [1.54, 1.807) is 4.88 Å². The second-order valence-corrected chi connectivity index (χ2v) is 5.96. The maximum Gasteiger partial charge on any atom is 0.188 e. The Morgan fingerprint density at radius 2 is 2.44 bits per heavy atom. The summed E-state index contributed by atoms with van der Waals surface area (Å²) in [5.41, 5.74) is 7.26. The quantitative estimate of drug-likeness (QED) is 0.640. The lowest BCUT2D eigenvalue weighted by atomic mass is 10.1. The highest BCUT2D eigenvalue weighted by Gasteiger charge is 2.16. The second-order valence-electron chi connectivity index (χ2n) is 4.96. The summed E-state index contributed by atoms with van der Waals surface area (Å²) < 4.78 is 0. The zero-order valence-electron chi connectivity index (χ0n) is 11.1. The van der Waals surface area contributed by atoms with Crippen LogP contribution in [0.1, 0.15) is 24.3 Å². The van der Waals surface area contributed by atoms with Crippen LogP contribution < -0.4 is 11.1 Å². The normalized spacial score (nSPS) is 16.9. The van der Waals surface area contributed by atoms with Gasteiger partial charge in [0.2, 0.25) is 0 Å². The summed E-state index contributed by atoms with van der Waals surface area (Å²) in [4.78, 5) is 8.34. The van der Waals surface area contributed by atoms with Gasteiger partial charge in [0.05, 0.1) is 6.54 Å². The molecule has 0 unspecified atom stereocenters. The molecule has 1 aromatic rings. The van der Waals surface area contributed by atoms with Gasteiger partial charge in [-0.2, -0.15) is 0 Å². The molecule has 5 heteroatoms. The van der Waals surface area contributed by atoms with Gasteiger partial charge in [-0.25, -0.2) is 0 Å². The molecule has 0 saturated carbocycles. The minimum atomic E-state index is 0.345. The van der Waals surface area contributed by atoms with Crippen molar-refractivity contribution in [1.82, 2.24) is 10.2 Å². The molecule has 2 heterocycles. The Bertz CT molecular complexity index is 411. The number of nitrogens with two attached hydrogens (primary N) is 1. The number of fused-ring (bicyclic) bond motifs is 1. The van der Waals surface area contributed by atoms with Crippen molar-refractivity contribution in [3.8, 4) is 0 Å². The lowest BCUT2D eigenvalue weighted by molar-refractivity contribution is 0.263. The van der Waals surface area contributed by atoms with Crippen LogP contribution in [0.15, 0.2) is 16.4 Å². The summed E-state index contributed by atoms with van der Waals surface area (Å²) >= 11 is 1.88. The van der Waals surface area contributed by atoms with Gasteiger partial charge in [-0.15, -0.1) is 11.3 Å². The van der Waals surface area contributed by atoms with E-state index in [-0.39, 0.29) is 0 Å². The maximum atomic E-state index is 5.77.